The van der Waals surface area contributed by atoms with E-state index in [9.17, 15) is 9.59 Å². The van der Waals surface area contributed by atoms with Crippen LogP contribution < -0.4 is 14.8 Å². The fourth-order valence-corrected chi connectivity index (χ4v) is 4.66. The second-order valence-electron chi connectivity index (χ2n) is 7.42. The largest absolute Gasteiger partial charge is 0.497 e. The highest BCUT2D eigenvalue weighted by molar-refractivity contribution is 7.99. The summed E-state index contributed by atoms with van der Waals surface area (Å²) in [7, 11) is 1.57. The van der Waals surface area contributed by atoms with Gasteiger partial charge in [0.2, 0.25) is 5.91 Å². The molecule has 2 aliphatic heterocycles. The number of rotatable bonds is 6. The molecule has 1 aromatic carbocycles. The van der Waals surface area contributed by atoms with Crippen molar-refractivity contribution < 1.29 is 19.1 Å². The number of hydrogen-bond acceptors (Lipinski definition) is 6. The normalized spacial score (nSPS) is 16.3. The zero-order valence-electron chi connectivity index (χ0n) is 17.2. The van der Waals surface area contributed by atoms with Gasteiger partial charge in [-0.15, -0.1) is 0 Å². The maximum atomic E-state index is 12.9. The molecule has 30 heavy (non-hydrogen) atoms. The number of nitrogens with one attached hydrogen (secondary N) is 1. The van der Waals surface area contributed by atoms with Crippen LogP contribution in [0.15, 0.2) is 29.6 Å². The van der Waals surface area contributed by atoms with Gasteiger partial charge in [0.1, 0.15) is 17.6 Å². The Morgan fingerprint density at radius 1 is 1.27 bits per heavy atom. The molecule has 3 heterocycles. The van der Waals surface area contributed by atoms with Gasteiger partial charge in [-0.3, -0.25) is 9.59 Å². The molecule has 4 rings (SSSR count). The Kier molecular flexibility index (Phi) is 6.17. The number of aromatic nitrogens is 2. The predicted molar refractivity (Wildman–Crippen MR) is 113 cm³/mol. The predicted octanol–water partition coefficient (Wildman–Crippen LogP) is 2.32. The molecule has 1 fully saturated rings. The number of aryl methyl sites for hydroxylation is 1. The average molecular weight is 431 g/mol. The number of benzene rings is 1. The van der Waals surface area contributed by atoms with E-state index in [0.29, 0.717) is 36.7 Å². The molecule has 0 bridgehead atoms. The van der Waals surface area contributed by atoms with Gasteiger partial charge >= 0.3 is 0 Å². The van der Waals surface area contributed by atoms with Crippen LogP contribution in [0, 0.1) is 0 Å². The van der Waals surface area contributed by atoms with Crippen molar-refractivity contribution in [1.82, 2.24) is 19.8 Å². The van der Waals surface area contributed by atoms with Crippen LogP contribution in [0.3, 0.4) is 0 Å². The molecular formula is C21H26N4O4S. The Bertz CT molecular complexity index is 916. The lowest BCUT2D eigenvalue weighted by atomic mass is 10.1. The molecule has 160 valence electrons. The van der Waals surface area contributed by atoms with Gasteiger partial charge in [0.25, 0.3) is 5.91 Å². The van der Waals surface area contributed by atoms with Gasteiger partial charge in [-0.2, -0.15) is 0 Å². The molecule has 0 spiro atoms. The number of nitrogens with zero attached hydrogens (tertiary/aromatic N) is 3. The summed E-state index contributed by atoms with van der Waals surface area (Å²) in [6.07, 6.45) is 3.44. The van der Waals surface area contributed by atoms with Gasteiger partial charge in [0, 0.05) is 51.3 Å². The van der Waals surface area contributed by atoms with Crippen molar-refractivity contribution in [3.05, 3.63) is 35.7 Å². The van der Waals surface area contributed by atoms with Crippen LogP contribution >= 0.6 is 11.8 Å². The summed E-state index contributed by atoms with van der Waals surface area (Å²) >= 11 is 1.73. The van der Waals surface area contributed by atoms with Gasteiger partial charge < -0.3 is 24.3 Å². The van der Waals surface area contributed by atoms with Crippen molar-refractivity contribution in [3.8, 4) is 11.5 Å². The molecule has 0 saturated carbocycles. The number of carbonyl (C=O) groups excluding carboxylic acids is 2. The molecule has 0 radical (unpaired) electrons. The third-order valence-corrected chi connectivity index (χ3v) is 6.37. The van der Waals surface area contributed by atoms with Gasteiger partial charge in [-0.05, 0) is 18.2 Å². The van der Waals surface area contributed by atoms with Crippen LogP contribution in [0.2, 0.25) is 0 Å². The molecule has 0 atom stereocenters. The monoisotopic (exact) mass is 430 g/mol. The van der Waals surface area contributed by atoms with Gasteiger partial charge in [-0.1, -0.05) is 11.8 Å². The lowest BCUT2D eigenvalue weighted by molar-refractivity contribution is -0.130. The van der Waals surface area contributed by atoms with Crippen molar-refractivity contribution >= 4 is 23.6 Å². The smallest absolute Gasteiger partial charge is 0.255 e. The fourth-order valence-electron chi connectivity index (χ4n) is 3.70. The van der Waals surface area contributed by atoms with Crippen molar-refractivity contribution in [2.75, 3.05) is 26.0 Å². The molecular weight excluding hydrogens is 404 g/mol. The summed E-state index contributed by atoms with van der Waals surface area (Å²) < 4.78 is 13.6. The van der Waals surface area contributed by atoms with E-state index in [1.54, 1.807) is 44.0 Å². The van der Waals surface area contributed by atoms with Crippen molar-refractivity contribution in [2.24, 2.45) is 0 Å². The van der Waals surface area contributed by atoms with Crippen LogP contribution in [0.4, 0.5) is 0 Å². The highest BCUT2D eigenvalue weighted by Crippen LogP contribution is 2.28. The van der Waals surface area contributed by atoms with Crippen LogP contribution in [0.5, 0.6) is 11.5 Å². The number of amides is 2. The number of hydrogen-bond donors (Lipinski definition) is 1. The second-order valence-corrected chi connectivity index (χ2v) is 8.49. The van der Waals surface area contributed by atoms with E-state index in [0.717, 1.165) is 36.0 Å². The number of fused-ring (bicyclic) bond motifs is 1. The first kappa shape index (κ1) is 20.6. The van der Waals surface area contributed by atoms with E-state index in [4.69, 9.17) is 9.47 Å². The molecule has 1 N–H and O–H groups in total. The van der Waals surface area contributed by atoms with Crippen LogP contribution in [-0.4, -0.2) is 58.3 Å². The second kappa shape index (κ2) is 8.99. The first-order chi connectivity index (χ1) is 14.5. The zero-order valence-corrected chi connectivity index (χ0v) is 18.0. The molecule has 1 aromatic heterocycles. The maximum absolute atomic E-state index is 12.9. The number of piperidine rings is 1. The number of likely N-dealkylation sites (tertiary alicyclic amines) is 1. The van der Waals surface area contributed by atoms with E-state index in [2.05, 4.69) is 14.9 Å². The van der Waals surface area contributed by atoms with Crippen LogP contribution in [-0.2, 0) is 17.9 Å². The topological polar surface area (TPSA) is 85.7 Å². The summed E-state index contributed by atoms with van der Waals surface area (Å²) in [4.78, 5) is 30.8. The molecule has 2 aromatic rings. The Labute approximate surface area is 179 Å². The first-order valence-corrected chi connectivity index (χ1v) is 11.1. The van der Waals surface area contributed by atoms with Crippen molar-refractivity contribution in [2.45, 2.75) is 44.1 Å². The SMILES string of the molecule is COc1ccc(OC2CCN(C(C)=O)CC2)c(C(=O)NCc2cn3c(n2)SCC3)c1. The van der Waals surface area contributed by atoms with Gasteiger partial charge in [0.05, 0.1) is 24.9 Å². The number of methoxy groups -OCH3 is 1. The van der Waals surface area contributed by atoms with E-state index in [1.165, 1.54) is 0 Å². The lowest BCUT2D eigenvalue weighted by Crippen LogP contribution is -2.40. The Balaban J connectivity index is 1.43. The number of carbonyl (C=O) groups is 2. The van der Waals surface area contributed by atoms with E-state index < -0.39 is 0 Å². The number of thioether (sulfide) groups is 1. The van der Waals surface area contributed by atoms with Gasteiger partial charge in [0.15, 0.2) is 5.16 Å². The van der Waals surface area contributed by atoms with Crippen LogP contribution in [0.1, 0.15) is 35.8 Å². The van der Waals surface area contributed by atoms with Crippen molar-refractivity contribution in [1.29, 1.82) is 0 Å². The quantitative estimate of drug-likeness (QED) is 0.757. The van der Waals surface area contributed by atoms with Crippen molar-refractivity contribution in [3.63, 3.8) is 0 Å². The molecule has 0 aliphatic carbocycles. The number of ether oxygens (including phenoxy) is 2. The first-order valence-electron chi connectivity index (χ1n) is 10.1. The third-order valence-electron chi connectivity index (χ3n) is 5.40. The molecule has 9 heteroatoms. The summed E-state index contributed by atoms with van der Waals surface area (Å²) in [5, 5.41) is 3.94. The molecule has 2 amide bonds. The van der Waals surface area contributed by atoms with E-state index >= 15 is 0 Å². The zero-order chi connectivity index (χ0) is 21.1. The Morgan fingerprint density at radius 2 is 2.07 bits per heavy atom. The van der Waals surface area contributed by atoms with Gasteiger partial charge in [-0.25, -0.2) is 4.98 Å². The molecule has 0 unspecified atom stereocenters. The minimum Gasteiger partial charge on any atom is -0.497 e. The fraction of sp³-hybridized carbons (Fsp3) is 0.476. The standard InChI is InChI=1S/C21H26N4O4S/c1-14(26)24-7-5-16(6-8-24)29-19-4-3-17(28-2)11-18(19)20(27)22-12-15-13-25-9-10-30-21(25)23-15/h3-4,11,13,16H,5-10,12H2,1-2H3,(H,22,27). The Morgan fingerprint density at radius 3 is 2.77 bits per heavy atom. The number of imidazole rings is 1. The molecule has 1 saturated heterocycles. The molecule has 2 aliphatic rings. The Hall–Kier alpha value is -2.68. The summed E-state index contributed by atoms with van der Waals surface area (Å²) in [6, 6.07) is 5.25. The molecule has 8 nitrogen and oxygen atoms in total. The summed E-state index contributed by atoms with van der Waals surface area (Å²) in [5.41, 5.74) is 1.27. The summed E-state index contributed by atoms with van der Waals surface area (Å²) in [5.74, 6) is 2.02. The third kappa shape index (κ3) is 4.56. The average Bonchev–Trinajstić information content (AvgIpc) is 3.34. The van der Waals surface area contributed by atoms with E-state index in [-0.39, 0.29) is 17.9 Å². The highest BCUT2D eigenvalue weighted by atomic mass is 32.2. The minimum absolute atomic E-state index is 0.0336. The highest BCUT2D eigenvalue weighted by Gasteiger charge is 2.24. The minimum atomic E-state index is -0.231. The van der Waals surface area contributed by atoms with E-state index in [1.807, 2.05) is 11.1 Å². The lowest BCUT2D eigenvalue weighted by Gasteiger charge is -2.31. The maximum Gasteiger partial charge on any atom is 0.255 e. The summed E-state index contributed by atoms with van der Waals surface area (Å²) in [6.45, 7) is 4.23. The van der Waals surface area contributed by atoms with Crippen LogP contribution in [0.25, 0.3) is 0 Å².